The zero-order chi connectivity index (χ0) is 27.9. The molecule has 5 aromatic rings. The molecule has 194 valence electrons. The van der Waals surface area contributed by atoms with Gasteiger partial charge >= 0.3 is 5.97 Å². The maximum absolute atomic E-state index is 13.5. The number of hydrogen-bond acceptors (Lipinski definition) is 6. The van der Waals surface area contributed by atoms with E-state index >= 15 is 0 Å². The molecule has 0 aliphatic heterocycles. The number of aromatic nitrogens is 1. The van der Waals surface area contributed by atoms with Crippen LogP contribution in [-0.2, 0) is 9.53 Å². The van der Waals surface area contributed by atoms with Crippen molar-refractivity contribution in [3.05, 3.63) is 126 Å². The number of benzene rings is 4. The van der Waals surface area contributed by atoms with Crippen molar-refractivity contribution in [2.45, 2.75) is 0 Å². The van der Waals surface area contributed by atoms with Gasteiger partial charge in [-0.1, -0.05) is 60.7 Å². The zero-order valence-corrected chi connectivity index (χ0v) is 21.1. The number of hydrogen-bond donors (Lipinski definition) is 2. The van der Waals surface area contributed by atoms with Gasteiger partial charge in [0.05, 0.1) is 39.7 Å². The summed E-state index contributed by atoms with van der Waals surface area (Å²) < 4.78 is 5.22. The Morgan fingerprint density at radius 1 is 0.775 bits per heavy atom. The number of rotatable bonds is 7. The lowest BCUT2D eigenvalue weighted by Gasteiger charge is -2.13. The highest BCUT2D eigenvalue weighted by Crippen LogP contribution is 2.26. The predicted octanol–water partition coefficient (Wildman–Crippen LogP) is 5.82. The van der Waals surface area contributed by atoms with Gasteiger partial charge in [0.1, 0.15) is 0 Å². The van der Waals surface area contributed by atoms with Crippen molar-refractivity contribution in [2.75, 3.05) is 17.2 Å². The monoisotopic (exact) mass is 526 g/mol. The number of carbonyl (C=O) groups excluding carboxylic acids is 3. The summed E-state index contributed by atoms with van der Waals surface area (Å²) in [7, 11) is 0. The van der Waals surface area contributed by atoms with Gasteiger partial charge in [-0.2, -0.15) is 5.26 Å². The molecule has 8 nitrogen and oxygen atoms in total. The van der Waals surface area contributed by atoms with E-state index < -0.39 is 24.4 Å². The first-order valence-corrected chi connectivity index (χ1v) is 12.3. The van der Waals surface area contributed by atoms with Gasteiger partial charge < -0.3 is 15.4 Å². The lowest BCUT2D eigenvalue weighted by molar-refractivity contribution is -0.119. The maximum Gasteiger partial charge on any atom is 0.340 e. The fourth-order valence-corrected chi connectivity index (χ4v) is 4.11. The summed E-state index contributed by atoms with van der Waals surface area (Å²) >= 11 is 0. The van der Waals surface area contributed by atoms with Crippen molar-refractivity contribution in [1.82, 2.24) is 4.98 Å². The molecule has 1 aromatic heterocycles. The smallest absolute Gasteiger partial charge is 0.340 e. The normalized spacial score (nSPS) is 10.4. The van der Waals surface area contributed by atoms with E-state index in [0.717, 1.165) is 5.56 Å². The molecule has 0 atom stereocenters. The lowest BCUT2D eigenvalue weighted by Crippen LogP contribution is -2.22. The highest BCUT2D eigenvalue weighted by Gasteiger charge is 2.19. The highest BCUT2D eigenvalue weighted by molar-refractivity contribution is 6.14. The number of carbonyl (C=O) groups is 3. The average molecular weight is 527 g/mol. The summed E-state index contributed by atoms with van der Waals surface area (Å²) in [6, 6.07) is 33.3. The van der Waals surface area contributed by atoms with E-state index in [1.165, 1.54) is 6.07 Å². The second-order valence-corrected chi connectivity index (χ2v) is 8.75. The number of para-hydroxylation sites is 2. The highest BCUT2D eigenvalue weighted by atomic mass is 16.5. The van der Waals surface area contributed by atoms with Crippen LogP contribution >= 0.6 is 0 Å². The number of fused-ring (bicyclic) bond motifs is 1. The Labute approximate surface area is 229 Å². The third-order valence-electron chi connectivity index (χ3n) is 6.06. The van der Waals surface area contributed by atoms with E-state index in [1.54, 1.807) is 48.5 Å². The van der Waals surface area contributed by atoms with Crippen LogP contribution in [0, 0.1) is 11.3 Å². The average Bonchev–Trinajstić information content (AvgIpc) is 3.00. The number of ether oxygens (including phenoxy) is 1. The Hall–Kier alpha value is -5.81. The van der Waals surface area contributed by atoms with E-state index in [-0.39, 0.29) is 11.3 Å². The molecule has 0 spiro atoms. The molecule has 0 unspecified atom stereocenters. The fraction of sp³-hybridized carbons (Fsp3) is 0.0312. The van der Waals surface area contributed by atoms with Gasteiger partial charge in [-0.25, -0.2) is 9.78 Å². The summed E-state index contributed by atoms with van der Waals surface area (Å²) in [6.07, 6.45) is 0. The molecule has 0 aliphatic carbocycles. The minimum absolute atomic E-state index is 0.101. The molecule has 2 N–H and O–H groups in total. The van der Waals surface area contributed by atoms with Crippen molar-refractivity contribution >= 4 is 40.1 Å². The van der Waals surface area contributed by atoms with E-state index in [2.05, 4.69) is 10.6 Å². The molecule has 1 heterocycles. The largest absolute Gasteiger partial charge is 0.452 e. The van der Waals surface area contributed by atoms with E-state index in [1.807, 2.05) is 60.7 Å². The minimum Gasteiger partial charge on any atom is -0.452 e. The lowest BCUT2D eigenvalue weighted by atomic mass is 10.0. The molecule has 0 aliphatic rings. The first-order valence-electron chi connectivity index (χ1n) is 12.3. The van der Waals surface area contributed by atoms with E-state index in [0.29, 0.717) is 33.4 Å². The molecule has 0 bridgehead atoms. The summed E-state index contributed by atoms with van der Waals surface area (Å²) in [4.78, 5) is 43.4. The van der Waals surface area contributed by atoms with Crippen LogP contribution in [0.1, 0.15) is 26.3 Å². The van der Waals surface area contributed by atoms with Crippen LogP contribution in [0.3, 0.4) is 0 Å². The molecular weight excluding hydrogens is 504 g/mol. The SMILES string of the molecule is N#Cc1ccc(NC(=O)COC(=O)c2ccccc2NC(=O)c2cc(-c3ccccc3)nc3ccccc23)cc1. The number of esters is 1. The zero-order valence-electron chi connectivity index (χ0n) is 21.1. The van der Waals surface area contributed by atoms with Crippen LogP contribution in [-0.4, -0.2) is 29.4 Å². The van der Waals surface area contributed by atoms with E-state index in [9.17, 15) is 14.4 Å². The molecule has 40 heavy (non-hydrogen) atoms. The summed E-state index contributed by atoms with van der Waals surface area (Å²) in [6.45, 7) is -0.531. The Balaban J connectivity index is 1.33. The van der Waals surface area contributed by atoms with Crippen molar-refractivity contribution in [3.8, 4) is 17.3 Å². The molecule has 5 rings (SSSR count). The second-order valence-electron chi connectivity index (χ2n) is 8.75. The Morgan fingerprint density at radius 2 is 1.48 bits per heavy atom. The molecule has 0 saturated heterocycles. The Bertz CT molecular complexity index is 1760. The number of anilines is 2. The maximum atomic E-state index is 13.5. The van der Waals surface area contributed by atoms with Gasteiger partial charge in [0.15, 0.2) is 6.61 Å². The van der Waals surface area contributed by atoms with Gasteiger partial charge in [-0.05, 0) is 48.5 Å². The van der Waals surface area contributed by atoms with Crippen LogP contribution in [0.15, 0.2) is 109 Å². The predicted molar refractivity (Wildman–Crippen MR) is 152 cm³/mol. The molecule has 8 heteroatoms. The van der Waals surface area contributed by atoms with Crippen LogP contribution in [0.2, 0.25) is 0 Å². The van der Waals surface area contributed by atoms with Crippen LogP contribution in [0.25, 0.3) is 22.2 Å². The van der Waals surface area contributed by atoms with Gasteiger partial charge in [0, 0.05) is 16.6 Å². The van der Waals surface area contributed by atoms with Crippen molar-refractivity contribution < 1.29 is 19.1 Å². The number of amides is 2. The first-order chi connectivity index (χ1) is 19.5. The third kappa shape index (κ3) is 5.85. The molecule has 0 radical (unpaired) electrons. The number of pyridine rings is 1. The molecule has 0 saturated carbocycles. The van der Waals surface area contributed by atoms with Gasteiger partial charge in [-0.15, -0.1) is 0 Å². The quantitative estimate of drug-likeness (QED) is 0.258. The second kappa shape index (κ2) is 11.7. The topological polar surface area (TPSA) is 121 Å². The van der Waals surface area contributed by atoms with Crippen LogP contribution < -0.4 is 10.6 Å². The van der Waals surface area contributed by atoms with Gasteiger partial charge in [0.2, 0.25) is 0 Å². The summed E-state index contributed by atoms with van der Waals surface area (Å²) in [5.74, 6) is -1.73. The fourth-order valence-electron chi connectivity index (χ4n) is 4.11. The minimum atomic E-state index is -0.768. The Morgan fingerprint density at radius 3 is 2.25 bits per heavy atom. The van der Waals surface area contributed by atoms with Crippen molar-refractivity contribution in [2.24, 2.45) is 0 Å². The standard InChI is InChI=1S/C32H22N4O4/c33-19-21-14-16-23(17-15-21)34-30(37)20-40-32(39)25-11-5-7-13-28(25)36-31(38)26-18-29(22-8-2-1-3-9-22)35-27-12-6-4-10-24(26)27/h1-18H,20H2,(H,34,37)(H,36,38). The molecular formula is C32H22N4O4. The summed E-state index contributed by atoms with van der Waals surface area (Å²) in [5, 5.41) is 15.0. The Kier molecular flexibility index (Phi) is 7.56. The number of nitrogens with zero attached hydrogens (tertiary/aromatic N) is 2. The molecule has 0 fully saturated rings. The molecule has 2 amide bonds. The summed E-state index contributed by atoms with van der Waals surface area (Å²) in [5.41, 5.74) is 3.84. The van der Waals surface area contributed by atoms with Crippen molar-refractivity contribution in [3.63, 3.8) is 0 Å². The number of nitriles is 1. The van der Waals surface area contributed by atoms with E-state index in [4.69, 9.17) is 15.0 Å². The van der Waals surface area contributed by atoms with Crippen LogP contribution in [0.4, 0.5) is 11.4 Å². The number of nitrogens with one attached hydrogen (secondary N) is 2. The molecule has 4 aromatic carbocycles. The third-order valence-corrected chi connectivity index (χ3v) is 6.06. The van der Waals surface area contributed by atoms with Gasteiger partial charge in [0.25, 0.3) is 11.8 Å². The van der Waals surface area contributed by atoms with Crippen molar-refractivity contribution in [1.29, 1.82) is 5.26 Å². The van der Waals surface area contributed by atoms with Crippen LogP contribution in [0.5, 0.6) is 0 Å². The first kappa shape index (κ1) is 25.8. The van der Waals surface area contributed by atoms with Gasteiger partial charge in [-0.3, -0.25) is 9.59 Å².